The average molecular weight is 214 g/mol. The van der Waals surface area contributed by atoms with Crippen LogP contribution in [-0.4, -0.2) is 14.4 Å². The molecule has 4 nitrogen and oxygen atoms in total. The highest BCUT2D eigenvalue weighted by molar-refractivity contribution is 9.10. The molecule has 2 aromatic rings. The Morgan fingerprint density at radius 1 is 1.64 bits per heavy atom. The molecule has 0 aliphatic carbocycles. The molecule has 0 aromatic carbocycles. The Hall–Kier alpha value is -1.10. The number of aromatic amines is 1. The highest BCUT2D eigenvalue weighted by atomic mass is 79.9. The van der Waals surface area contributed by atoms with Gasteiger partial charge in [0.1, 0.15) is 10.3 Å². The molecule has 2 heterocycles. The van der Waals surface area contributed by atoms with Gasteiger partial charge in [-0.05, 0) is 22.0 Å². The van der Waals surface area contributed by atoms with Crippen LogP contribution >= 0.6 is 15.9 Å². The first-order valence-electron chi connectivity index (χ1n) is 3.00. The first-order valence-corrected chi connectivity index (χ1v) is 3.79. The first kappa shape index (κ1) is 6.60. The van der Waals surface area contributed by atoms with Gasteiger partial charge in [0, 0.05) is 6.20 Å². The van der Waals surface area contributed by atoms with Crippen molar-refractivity contribution < 1.29 is 0 Å². The van der Waals surface area contributed by atoms with Crippen LogP contribution in [0.2, 0.25) is 0 Å². The van der Waals surface area contributed by atoms with Gasteiger partial charge in [-0.1, -0.05) is 0 Å². The molecular formula is C6H4BrN3O. The summed E-state index contributed by atoms with van der Waals surface area (Å²) in [5.41, 5.74) is 0.451. The molecule has 56 valence electrons. The molecule has 0 radical (unpaired) electrons. The smallest absolute Gasteiger partial charge is 0.314 e. The van der Waals surface area contributed by atoms with E-state index in [4.69, 9.17) is 0 Å². The van der Waals surface area contributed by atoms with Crippen molar-refractivity contribution >= 4 is 21.6 Å². The molecule has 11 heavy (non-hydrogen) atoms. The third-order valence-corrected chi connectivity index (χ3v) is 1.95. The summed E-state index contributed by atoms with van der Waals surface area (Å²) in [5, 5.41) is 0. The molecule has 0 unspecified atom stereocenters. The summed E-state index contributed by atoms with van der Waals surface area (Å²) in [6, 6.07) is 1.73. The monoisotopic (exact) mass is 213 g/mol. The Bertz CT molecular complexity index is 444. The lowest BCUT2D eigenvalue weighted by Crippen LogP contribution is -2.14. The van der Waals surface area contributed by atoms with Crippen LogP contribution in [0.15, 0.2) is 27.9 Å². The molecule has 0 aliphatic heterocycles. The third-order valence-electron chi connectivity index (χ3n) is 1.39. The number of hydrogen-bond acceptors (Lipinski definition) is 2. The number of imidazole rings is 1. The minimum absolute atomic E-state index is 0.188. The van der Waals surface area contributed by atoms with Gasteiger partial charge in [-0.2, -0.15) is 0 Å². The average Bonchev–Trinajstić information content (AvgIpc) is 2.34. The molecule has 0 saturated heterocycles. The number of nitrogens with one attached hydrogen (secondary N) is 1. The van der Waals surface area contributed by atoms with E-state index in [-0.39, 0.29) is 5.69 Å². The van der Waals surface area contributed by atoms with Crippen molar-refractivity contribution in [3.63, 3.8) is 0 Å². The molecule has 5 heteroatoms. The van der Waals surface area contributed by atoms with E-state index in [9.17, 15) is 4.79 Å². The molecule has 0 bridgehead atoms. The van der Waals surface area contributed by atoms with Crippen molar-refractivity contribution in [1.82, 2.24) is 14.4 Å². The predicted molar refractivity (Wildman–Crippen MR) is 43.5 cm³/mol. The van der Waals surface area contributed by atoms with Gasteiger partial charge in [-0.25, -0.2) is 14.2 Å². The highest BCUT2D eigenvalue weighted by Gasteiger charge is 2.00. The van der Waals surface area contributed by atoms with Gasteiger partial charge in [-0.3, -0.25) is 0 Å². The van der Waals surface area contributed by atoms with Crippen LogP contribution in [0.3, 0.4) is 0 Å². The largest absolute Gasteiger partial charge is 0.332 e. The maximum atomic E-state index is 11.1. The number of aromatic nitrogens is 3. The molecule has 0 amide bonds. The zero-order chi connectivity index (χ0) is 7.84. The molecule has 1 N–H and O–H groups in total. The van der Waals surface area contributed by atoms with Crippen molar-refractivity contribution in [1.29, 1.82) is 0 Å². The molecule has 0 fully saturated rings. The summed E-state index contributed by atoms with van der Waals surface area (Å²) in [6.07, 6.45) is 3.15. The summed E-state index contributed by atoms with van der Waals surface area (Å²) < 4.78 is 2.11. The fraction of sp³-hybridized carbons (Fsp3) is 0. The van der Waals surface area contributed by atoms with E-state index >= 15 is 0 Å². The van der Waals surface area contributed by atoms with Crippen LogP contribution in [0.25, 0.3) is 5.65 Å². The fourth-order valence-corrected chi connectivity index (χ4v) is 1.36. The maximum Gasteiger partial charge on any atom is 0.332 e. The first-order chi connectivity index (χ1) is 5.29. The molecule has 2 aromatic heterocycles. The third kappa shape index (κ3) is 0.883. The van der Waals surface area contributed by atoms with Crippen LogP contribution in [0, 0.1) is 0 Å². The standard InChI is InChI=1S/C6H4BrN3O/c7-4-3-9-5-1-2-8-6(11)10(4)5/h1-3H,(H,8,11). The van der Waals surface area contributed by atoms with Gasteiger partial charge in [0.15, 0.2) is 0 Å². The van der Waals surface area contributed by atoms with E-state index in [2.05, 4.69) is 25.9 Å². The van der Waals surface area contributed by atoms with Gasteiger partial charge < -0.3 is 4.98 Å². The zero-order valence-electron chi connectivity index (χ0n) is 5.41. The Morgan fingerprint density at radius 2 is 2.45 bits per heavy atom. The SMILES string of the molecule is O=c1[nH]ccc2ncc(Br)n12. The Kier molecular flexibility index (Phi) is 1.32. The van der Waals surface area contributed by atoms with Gasteiger partial charge >= 0.3 is 5.69 Å². The number of hydrogen-bond donors (Lipinski definition) is 1. The zero-order valence-corrected chi connectivity index (χ0v) is 7.00. The van der Waals surface area contributed by atoms with Crippen molar-refractivity contribution in [2.45, 2.75) is 0 Å². The fourth-order valence-electron chi connectivity index (χ4n) is 0.915. The minimum Gasteiger partial charge on any atom is -0.314 e. The van der Waals surface area contributed by atoms with Crippen molar-refractivity contribution in [3.05, 3.63) is 33.5 Å². The van der Waals surface area contributed by atoms with Gasteiger partial charge in [-0.15, -0.1) is 0 Å². The van der Waals surface area contributed by atoms with E-state index in [1.807, 2.05) is 0 Å². The Labute approximate surface area is 70.0 Å². The van der Waals surface area contributed by atoms with E-state index < -0.39 is 0 Å². The predicted octanol–water partition coefficient (Wildman–Crippen LogP) is 0.785. The van der Waals surface area contributed by atoms with Crippen LogP contribution in [0.1, 0.15) is 0 Å². The number of H-pyrrole nitrogens is 1. The second-order valence-corrected chi connectivity index (χ2v) is 2.87. The van der Waals surface area contributed by atoms with E-state index in [0.29, 0.717) is 10.3 Å². The van der Waals surface area contributed by atoms with Crippen molar-refractivity contribution in [2.75, 3.05) is 0 Å². The van der Waals surface area contributed by atoms with Crippen LogP contribution in [0.4, 0.5) is 0 Å². The normalized spacial score (nSPS) is 10.6. The number of rotatable bonds is 0. The lowest BCUT2D eigenvalue weighted by Gasteiger charge is -1.89. The number of fused-ring (bicyclic) bond motifs is 1. The second kappa shape index (κ2) is 2.20. The lowest BCUT2D eigenvalue weighted by atomic mass is 10.6. The molecule has 0 atom stereocenters. The van der Waals surface area contributed by atoms with E-state index in [1.165, 1.54) is 4.40 Å². The molecule has 0 aliphatic rings. The topological polar surface area (TPSA) is 50.2 Å². The summed E-state index contributed by atoms with van der Waals surface area (Å²) in [4.78, 5) is 17.6. The molecule has 0 saturated carbocycles. The Morgan fingerprint density at radius 3 is 3.18 bits per heavy atom. The van der Waals surface area contributed by atoms with Gasteiger partial charge in [0.05, 0.1) is 6.20 Å². The Balaban J connectivity index is 3.08. The van der Waals surface area contributed by atoms with Crippen molar-refractivity contribution in [2.24, 2.45) is 0 Å². The van der Waals surface area contributed by atoms with Gasteiger partial charge in [0.25, 0.3) is 0 Å². The number of nitrogens with zero attached hydrogens (tertiary/aromatic N) is 2. The molecular weight excluding hydrogens is 210 g/mol. The van der Waals surface area contributed by atoms with E-state index in [0.717, 1.165) is 0 Å². The summed E-state index contributed by atoms with van der Waals surface area (Å²) >= 11 is 3.20. The van der Waals surface area contributed by atoms with Crippen LogP contribution in [-0.2, 0) is 0 Å². The summed E-state index contributed by atoms with van der Waals surface area (Å²) in [5.74, 6) is 0. The van der Waals surface area contributed by atoms with Gasteiger partial charge in [0.2, 0.25) is 0 Å². The quantitative estimate of drug-likeness (QED) is 0.704. The second-order valence-electron chi connectivity index (χ2n) is 2.06. The highest BCUT2D eigenvalue weighted by Crippen LogP contribution is 2.07. The summed E-state index contributed by atoms with van der Waals surface area (Å²) in [6.45, 7) is 0. The lowest BCUT2D eigenvalue weighted by molar-refractivity contribution is 0.985. The van der Waals surface area contributed by atoms with Crippen LogP contribution < -0.4 is 5.69 Å². The van der Waals surface area contributed by atoms with E-state index in [1.54, 1.807) is 18.5 Å². The molecule has 2 rings (SSSR count). The maximum absolute atomic E-state index is 11.1. The summed E-state index contributed by atoms with van der Waals surface area (Å²) in [7, 11) is 0. The number of halogens is 1. The van der Waals surface area contributed by atoms with Crippen molar-refractivity contribution in [3.8, 4) is 0 Å². The molecule has 0 spiro atoms. The van der Waals surface area contributed by atoms with Crippen LogP contribution in [0.5, 0.6) is 0 Å². The minimum atomic E-state index is -0.188.